The molecule has 1 aromatic heterocycles. The van der Waals surface area contributed by atoms with Crippen molar-refractivity contribution in [3.8, 4) is 0 Å². The summed E-state index contributed by atoms with van der Waals surface area (Å²) in [7, 11) is -3.20. The Morgan fingerprint density at radius 1 is 1.37 bits per heavy atom. The van der Waals surface area contributed by atoms with Gasteiger partial charge < -0.3 is 5.32 Å². The van der Waals surface area contributed by atoms with Crippen molar-refractivity contribution in [3.05, 3.63) is 22.4 Å². The van der Waals surface area contributed by atoms with Gasteiger partial charge in [0, 0.05) is 24.0 Å². The molecule has 0 radical (unpaired) electrons. The second kappa shape index (κ2) is 7.99. The van der Waals surface area contributed by atoms with E-state index < -0.39 is 10.0 Å². The maximum atomic E-state index is 12.4. The van der Waals surface area contributed by atoms with Crippen molar-refractivity contribution in [1.82, 2.24) is 9.62 Å². The summed E-state index contributed by atoms with van der Waals surface area (Å²) in [6.07, 6.45) is 1.02. The highest BCUT2D eigenvalue weighted by Gasteiger charge is 2.24. The monoisotopic (exact) mass is 304 g/mol. The topological polar surface area (TPSA) is 49.4 Å². The average molecular weight is 304 g/mol. The summed E-state index contributed by atoms with van der Waals surface area (Å²) in [6, 6.07) is 3.91. The Bertz CT molecular complexity index is 441. The quantitative estimate of drug-likeness (QED) is 0.712. The zero-order chi connectivity index (χ0) is 14.3. The number of thiophene rings is 1. The molecule has 0 aliphatic carbocycles. The molecule has 0 spiro atoms. The van der Waals surface area contributed by atoms with Gasteiger partial charge in [0.05, 0.1) is 5.75 Å². The lowest BCUT2D eigenvalue weighted by Gasteiger charge is -2.25. The number of hydrogen-bond acceptors (Lipinski definition) is 4. The van der Waals surface area contributed by atoms with Crippen LogP contribution in [0.4, 0.5) is 0 Å². The fourth-order valence-corrected chi connectivity index (χ4v) is 4.18. The lowest BCUT2D eigenvalue weighted by molar-refractivity contribution is 0.350. The summed E-state index contributed by atoms with van der Waals surface area (Å²) in [5, 5.41) is 5.12. The number of nitrogens with one attached hydrogen (secondary N) is 1. The number of rotatable bonds is 9. The first kappa shape index (κ1) is 16.6. The van der Waals surface area contributed by atoms with Crippen LogP contribution in [0.3, 0.4) is 0 Å². The minimum Gasteiger partial charge on any atom is -0.316 e. The standard InChI is InChI=1S/C13H24N2O2S2/c1-4-7-14-8-10-19(16,17)15(12(2)3)11-13-6-5-9-18-13/h5-6,9,12,14H,4,7-8,10-11H2,1-3H3. The van der Waals surface area contributed by atoms with E-state index in [-0.39, 0.29) is 11.8 Å². The molecule has 6 heteroatoms. The third-order valence-electron chi connectivity index (χ3n) is 2.79. The molecule has 1 aromatic rings. The molecule has 0 unspecified atom stereocenters. The van der Waals surface area contributed by atoms with Gasteiger partial charge in [-0.05, 0) is 38.3 Å². The molecule has 0 aromatic carbocycles. The summed E-state index contributed by atoms with van der Waals surface area (Å²) in [5.74, 6) is 0.163. The Kier molecular flexibility index (Phi) is 6.99. The summed E-state index contributed by atoms with van der Waals surface area (Å²) in [4.78, 5) is 1.08. The first-order valence-electron chi connectivity index (χ1n) is 6.70. The van der Waals surface area contributed by atoms with Crippen LogP contribution in [-0.2, 0) is 16.6 Å². The van der Waals surface area contributed by atoms with Gasteiger partial charge in [0.2, 0.25) is 10.0 Å². The third-order valence-corrected chi connectivity index (χ3v) is 5.64. The Hall–Kier alpha value is -0.430. The minimum atomic E-state index is -3.20. The van der Waals surface area contributed by atoms with Gasteiger partial charge in [0.25, 0.3) is 0 Å². The maximum absolute atomic E-state index is 12.4. The molecule has 0 atom stereocenters. The van der Waals surface area contributed by atoms with Gasteiger partial charge in [-0.3, -0.25) is 0 Å². The normalized spacial score (nSPS) is 12.5. The smallest absolute Gasteiger partial charge is 0.215 e. The summed E-state index contributed by atoms with van der Waals surface area (Å²) in [6.45, 7) is 7.77. The Morgan fingerprint density at radius 3 is 2.63 bits per heavy atom. The van der Waals surface area contributed by atoms with Crippen molar-refractivity contribution in [2.45, 2.75) is 39.8 Å². The van der Waals surface area contributed by atoms with E-state index in [0.29, 0.717) is 13.1 Å². The Morgan fingerprint density at radius 2 is 2.11 bits per heavy atom. The van der Waals surface area contributed by atoms with E-state index >= 15 is 0 Å². The molecule has 1 rings (SSSR count). The van der Waals surface area contributed by atoms with Crippen LogP contribution in [-0.4, -0.2) is 37.6 Å². The van der Waals surface area contributed by atoms with E-state index in [2.05, 4.69) is 12.2 Å². The molecule has 1 N–H and O–H groups in total. The molecule has 4 nitrogen and oxygen atoms in total. The molecule has 0 bridgehead atoms. The van der Waals surface area contributed by atoms with Crippen LogP contribution in [0.15, 0.2) is 17.5 Å². The highest BCUT2D eigenvalue weighted by molar-refractivity contribution is 7.89. The fraction of sp³-hybridized carbons (Fsp3) is 0.692. The maximum Gasteiger partial charge on any atom is 0.215 e. The van der Waals surface area contributed by atoms with Crippen molar-refractivity contribution in [2.24, 2.45) is 0 Å². The first-order valence-corrected chi connectivity index (χ1v) is 9.19. The van der Waals surface area contributed by atoms with Gasteiger partial charge in [-0.25, -0.2) is 8.42 Å². The van der Waals surface area contributed by atoms with E-state index in [1.807, 2.05) is 31.4 Å². The second-order valence-electron chi connectivity index (χ2n) is 4.78. The first-order chi connectivity index (χ1) is 8.97. The zero-order valence-electron chi connectivity index (χ0n) is 11.9. The van der Waals surface area contributed by atoms with Crippen LogP contribution < -0.4 is 5.32 Å². The molecule has 0 aliphatic rings. The van der Waals surface area contributed by atoms with Gasteiger partial charge in [-0.1, -0.05) is 13.0 Å². The molecule has 0 saturated carbocycles. The Labute approximate surface area is 120 Å². The largest absolute Gasteiger partial charge is 0.316 e. The SMILES string of the molecule is CCCNCCS(=O)(=O)N(Cc1cccs1)C(C)C. The lowest BCUT2D eigenvalue weighted by Crippen LogP contribution is -2.40. The van der Waals surface area contributed by atoms with Gasteiger partial charge in [-0.2, -0.15) is 4.31 Å². The summed E-state index contributed by atoms with van der Waals surface area (Å²) < 4.78 is 26.3. The molecular weight excluding hydrogens is 280 g/mol. The van der Waals surface area contributed by atoms with Gasteiger partial charge in [0.15, 0.2) is 0 Å². The highest BCUT2D eigenvalue weighted by Crippen LogP contribution is 2.17. The van der Waals surface area contributed by atoms with Crippen LogP contribution >= 0.6 is 11.3 Å². The molecule has 0 aliphatic heterocycles. The van der Waals surface area contributed by atoms with Crippen LogP contribution in [0, 0.1) is 0 Å². The predicted octanol–water partition coefficient (Wildman–Crippen LogP) is 2.29. The average Bonchev–Trinajstić information content (AvgIpc) is 2.84. The van der Waals surface area contributed by atoms with Crippen molar-refractivity contribution in [3.63, 3.8) is 0 Å². The molecule has 0 saturated heterocycles. The molecule has 0 amide bonds. The van der Waals surface area contributed by atoms with Crippen LogP contribution in [0.25, 0.3) is 0 Å². The number of hydrogen-bond donors (Lipinski definition) is 1. The highest BCUT2D eigenvalue weighted by atomic mass is 32.2. The van der Waals surface area contributed by atoms with E-state index in [1.165, 1.54) is 0 Å². The summed E-state index contributed by atoms with van der Waals surface area (Å²) in [5.41, 5.74) is 0. The second-order valence-corrected chi connectivity index (χ2v) is 7.86. The molecule has 1 heterocycles. The van der Waals surface area contributed by atoms with Crippen molar-refractivity contribution >= 4 is 21.4 Å². The van der Waals surface area contributed by atoms with Crippen LogP contribution in [0.5, 0.6) is 0 Å². The predicted molar refractivity (Wildman–Crippen MR) is 81.9 cm³/mol. The third kappa shape index (κ3) is 5.60. The Balaban J connectivity index is 2.63. The van der Waals surface area contributed by atoms with E-state index in [0.717, 1.165) is 17.8 Å². The number of nitrogens with zero attached hydrogens (tertiary/aromatic N) is 1. The van der Waals surface area contributed by atoms with Crippen LogP contribution in [0.2, 0.25) is 0 Å². The van der Waals surface area contributed by atoms with Crippen molar-refractivity contribution in [2.75, 3.05) is 18.8 Å². The molecule has 110 valence electrons. The van der Waals surface area contributed by atoms with E-state index in [4.69, 9.17) is 0 Å². The molecular formula is C13H24N2O2S2. The molecule has 19 heavy (non-hydrogen) atoms. The van der Waals surface area contributed by atoms with Crippen molar-refractivity contribution in [1.29, 1.82) is 0 Å². The fourth-order valence-electron chi connectivity index (χ4n) is 1.78. The molecule has 0 fully saturated rings. The van der Waals surface area contributed by atoms with Gasteiger partial charge in [0.1, 0.15) is 0 Å². The minimum absolute atomic E-state index is 0.0155. The van der Waals surface area contributed by atoms with Crippen molar-refractivity contribution < 1.29 is 8.42 Å². The number of sulfonamides is 1. The van der Waals surface area contributed by atoms with E-state index in [9.17, 15) is 8.42 Å². The van der Waals surface area contributed by atoms with Crippen LogP contribution in [0.1, 0.15) is 32.1 Å². The van der Waals surface area contributed by atoms with Gasteiger partial charge in [-0.15, -0.1) is 11.3 Å². The summed E-state index contributed by atoms with van der Waals surface area (Å²) >= 11 is 1.60. The lowest BCUT2D eigenvalue weighted by atomic mass is 10.4. The van der Waals surface area contributed by atoms with Gasteiger partial charge >= 0.3 is 0 Å². The van der Waals surface area contributed by atoms with E-state index in [1.54, 1.807) is 15.6 Å². The zero-order valence-corrected chi connectivity index (χ0v) is 13.6.